The van der Waals surface area contributed by atoms with Gasteiger partial charge in [0.15, 0.2) is 15.6 Å². The van der Waals surface area contributed by atoms with Gasteiger partial charge in [-0.05, 0) is 54.8 Å². The molecule has 5 nitrogen and oxygen atoms in total. The number of ketones is 1. The molecule has 0 radical (unpaired) electrons. The minimum Gasteiger partial charge on any atom is -0.294 e. The SMILES string of the molecule is O=C(CC1CCS(=O)(=O)C1)c1ccc2c(-c3cccc(Cl)c3Cl)nn(-c3ccc(F)cc3)c2c1. The summed E-state index contributed by atoms with van der Waals surface area (Å²) in [6, 6.07) is 16.4. The number of nitrogens with zero attached hydrogens (tertiary/aromatic N) is 2. The number of benzene rings is 3. The maximum atomic E-state index is 13.6. The van der Waals surface area contributed by atoms with Gasteiger partial charge in [-0.2, -0.15) is 5.10 Å². The lowest BCUT2D eigenvalue weighted by atomic mass is 9.96. The van der Waals surface area contributed by atoms with Crippen molar-refractivity contribution in [3.8, 4) is 16.9 Å². The average Bonchev–Trinajstić information content (AvgIpc) is 3.35. The lowest BCUT2D eigenvalue weighted by Gasteiger charge is -2.08. The van der Waals surface area contributed by atoms with Gasteiger partial charge in [-0.25, -0.2) is 17.5 Å². The summed E-state index contributed by atoms with van der Waals surface area (Å²) in [5.74, 6) is -0.494. The molecular formula is C25H19Cl2FN2O3S. The van der Waals surface area contributed by atoms with Crippen molar-refractivity contribution in [2.45, 2.75) is 12.8 Å². The second-order valence-electron chi connectivity index (χ2n) is 8.47. The van der Waals surface area contributed by atoms with Gasteiger partial charge in [0.1, 0.15) is 11.5 Å². The van der Waals surface area contributed by atoms with Crippen molar-refractivity contribution in [3.63, 3.8) is 0 Å². The highest BCUT2D eigenvalue weighted by Crippen LogP contribution is 2.38. The summed E-state index contributed by atoms with van der Waals surface area (Å²) in [7, 11) is -3.06. The van der Waals surface area contributed by atoms with Gasteiger partial charge < -0.3 is 0 Å². The first-order valence-electron chi connectivity index (χ1n) is 10.7. The molecular weight excluding hydrogens is 498 g/mol. The number of hydrogen-bond acceptors (Lipinski definition) is 4. The Balaban J connectivity index is 1.62. The van der Waals surface area contributed by atoms with Crippen LogP contribution in [0, 0.1) is 11.7 Å². The zero-order valence-electron chi connectivity index (χ0n) is 17.8. The molecule has 1 unspecified atom stereocenters. The fourth-order valence-electron chi connectivity index (χ4n) is 4.37. The number of sulfone groups is 1. The summed E-state index contributed by atoms with van der Waals surface area (Å²) in [4.78, 5) is 13.0. The van der Waals surface area contributed by atoms with Gasteiger partial charge in [0.05, 0.1) is 32.8 Å². The Morgan fingerprint density at radius 1 is 1.09 bits per heavy atom. The number of carbonyl (C=O) groups excluding carboxylic acids is 1. The van der Waals surface area contributed by atoms with E-state index >= 15 is 0 Å². The highest BCUT2D eigenvalue weighted by atomic mass is 35.5. The van der Waals surface area contributed by atoms with Gasteiger partial charge in [0.2, 0.25) is 0 Å². The quantitative estimate of drug-likeness (QED) is 0.298. The molecule has 0 aliphatic carbocycles. The highest BCUT2D eigenvalue weighted by Gasteiger charge is 2.30. The van der Waals surface area contributed by atoms with E-state index in [1.165, 1.54) is 12.1 Å². The predicted molar refractivity (Wildman–Crippen MR) is 132 cm³/mol. The standard InChI is InChI=1S/C25H19Cl2FN2O3S/c26-21-3-1-2-20(24(21)27)25-19-9-4-16(23(31)12-15-10-11-34(32,33)14-15)13-22(19)30(29-25)18-7-5-17(28)6-8-18/h1-9,13,15H,10-12,14H2. The van der Waals surface area contributed by atoms with Crippen LogP contribution in [-0.4, -0.2) is 35.5 Å². The number of hydrogen-bond donors (Lipinski definition) is 0. The molecule has 0 amide bonds. The van der Waals surface area contributed by atoms with Crippen LogP contribution in [0.4, 0.5) is 4.39 Å². The molecule has 1 fully saturated rings. The summed E-state index contributed by atoms with van der Waals surface area (Å²) in [6.45, 7) is 0. The van der Waals surface area contributed by atoms with E-state index in [2.05, 4.69) is 0 Å². The normalized spacial score (nSPS) is 17.3. The molecule has 1 saturated heterocycles. The van der Waals surface area contributed by atoms with E-state index in [0.717, 1.165) is 5.39 Å². The van der Waals surface area contributed by atoms with Gasteiger partial charge in [-0.3, -0.25) is 4.79 Å². The summed E-state index contributed by atoms with van der Waals surface area (Å²) < 4.78 is 38.7. The summed E-state index contributed by atoms with van der Waals surface area (Å²) >= 11 is 12.7. The molecule has 2 heterocycles. The first-order chi connectivity index (χ1) is 16.2. The van der Waals surface area contributed by atoms with Crippen LogP contribution in [0.5, 0.6) is 0 Å². The first kappa shape index (κ1) is 23.0. The van der Waals surface area contributed by atoms with Gasteiger partial charge in [0.25, 0.3) is 0 Å². The summed E-state index contributed by atoms with van der Waals surface area (Å²) in [5.41, 5.74) is 2.93. The van der Waals surface area contributed by atoms with E-state index in [0.29, 0.717) is 44.5 Å². The van der Waals surface area contributed by atoms with E-state index in [1.54, 1.807) is 47.1 Å². The first-order valence-corrected chi connectivity index (χ1v) is 13.3. The Hall–Kier alpha value is -2.74. The number of fused-ring (bicyclic) bond motifs is 1. The Morgan fingerprint density at radius 2 is 1.85 bits per heavy atom. The molecule has 9 heteroatoms. The van der Waals surface area contributed by atoms with E-state index in [1.807, 2.05) is 6.07 Å². The van der Waals surface area contributed by atoms with Crippen LogP contribution in [0.25, 0.3) is 27.8 Å². The molecule has 1 atom stereocenters. The third-order valence-electron chi connectivity index (χ3n) is 6.08. The van der Waals surface area contributed by atoms with Crippen molar-refractivity contribution < 1.29 is 17.6 Å². The Kier molecular flexibility index (Phi) is 5.96. The molecule has 4 aromatic rings. The summed E-state index contributed by atoms with van der Waals surface area (Å²) in [6.07, 6.45) is 0.670. The predicted octanol–water partition coefficient (Wildman–Crippen LogP) is 6.15. The zero-order chi connectivity index (χ0) is 24.0. The maximum absolute atomic E-state index is 13.6. The molecule has 0 saturated carbocycles. The molecule has 3 aromatic carbocycles. The molecule has 0 spiro atoms. The Labute approximate surface area is 206 Å². The Bertz CT molecular complexity index is 1530. The van der Waals surface area contributed by atoms with Gasteiger partial charge in [-0.15, -0.1) is 0 Å². The van der Waals surface area contributed by atoms with Crippen molar-refractivity contribution in [3.05, 3.63) is 82.1 Å². The lowest BCUT2D eigenvalue weighted by molar-refractivity contribution is 0.0966. The topological polar surface area (TPSA) is 69.0 Å². The van der Waals surface area contributed by atoms with Crippen molar-refractivity contribution in [1.29, 1.82) is 0 Å². The molecule has 0 N–H and O–H groups in total. The van der Waals surface area contributed by atoms with Gasteiger partial charge in [-0.1, -0.05) is 41.4 Å². The zero-order valence-corrected chi connectivity index (χ0v) is 20.2. The van der Waals surface area contributed by atoms with Crippen LogP contribution in [0.15, 0.2) is 60.7 Å². The van der Waals surface area contributed by atoms with Crippen LogP contribution in [-0.2, 0) is 9.84 Å². The Morgan fingerprint density at radius 3 is 2.56 bits per heavy atom. The van der Waals surface area contributed by atoms with Crippen molar-refractivity contribution in [2.75, 3.05) is 11.5 Å². The second kappa shape index (κ2) is 8.80. The van der Waals surface area contributed by atoms with Crippen molar-refractivity contribution in [1.82, 2.24) is 9.78 Å². The minimum atomic E-state index is -3.06. The van der Waals surface area contributed by atoms with E-state index < -0.39 is 9.84 Å². The molecule has 1 aromatic heterocycles. The largest absolute Gasteiger partial charge is 0.294 e. The van der Waals surface area contributed by atoms with Gasteiger partial charge in [0, 0.05) is 22.9 Å². The summed E-state index contributed by atoms with van der Waals surface area (Å²) in [5, 5.41) is 6.24. The van der Waals surface area contributed by atoms with Crippen molar-refractivity contribution in [2.24, 2.45) is 5.92 Å². The monoisotopic (exact) mass is 516 g/mol. The molecule has 5 rings (SSSR count). The van der Waals surface area contributed by atoms with E-state index in [-0.39, 0.29) is 35.4 Å². The minimum absolute atomic E-state index is 0.0475. The second-order valence-corrected chi connectivity index (χ2v) is 11.5. The van der Waals surface area contributed by atoms with Crippen LogP contribution in [0.3, 0.4) is 0 Å². The molecule has 34 heavy (non-hydrogen) atoms. The molecule has 0 bridgehead atoms. The number of Topliss-reactive ketones (excluding diaryl/α,β-unsaturated/α-hetero) is 1. The fraction of sp³-hybridized carbons (Fsp3) is 0.200. The van der Waals surface area contributed by atoms with E-state index in [4.69, 9.17) is 28.3 Å². The number of halogens is 3. The molecule has 1 aliphatic heterocycles. The molecule has 1 aliphatic rings. The van der Waals surface area contributed by atoms with Crippen LogP contribution >= 0.6 is 23.2 Å². The van der Waals surface area contributed by atoms with E-state index in [9.17, 15) is 17.6 Å². The van der Waals surface area contributed by atoms with Crippen LogP contribution in [0.1, 0.15) is 23.2 Å². The fourth-order valence-corrected chi connectivity index (χ4v) is 6.62. The maximum Gasteiger partial charge on any atom is 0.163 e. The van der Waals surface area contributed by atoms with Crippen molar-refractivity contribution >= 4 is 49.7 Å². The lowest BCUT2D eigenvalue weighted by Crippen LogP contribution is -2.11. The number of carbonyl (C=O) groups is 1. The van der Waals surface area contributed by atoms with Gasteiger partial charge >= 0.3 is 0 Å². The smallest absolute Gasteiger partial charge is 0.163 e. The molecule has 174 valence electrons. The highest BCUT2D eigenvalue weighted by molar-refractivity contribution is 7.91. The average molecular weight is 517 g/mol. The number of aromatic nitrogens is 2. The third kappa shape index (κ3) is 4.35. The third-order valence-corrected chi connectivity index (χ3v) is 8.74. The van der Waals surface area contributed by atoms with Crippen LogP contribution < -0.4 is 0 Å². The number of rotatable bonds is 5. The van der Waals surface area contributed by atoms with Crippen LogP contribution in [0.2, 0.25) is 10.0 Å².